The van der Waals surface area contributed by atoms with Gasteiger partial charge in [0.25, 0.3) is 0 Å². The van der Waals surface area contributed by atoms with Crippen molar-refractivity contribution in [1.29, 1.82) is 5.41 Å². The summed E-state index contributed by atoms with van der Waals surface area (Å²) in [6, 6.07) is 12.0. The van der Waals surface area contributed by atoms with E-state index in [9.17, 15) is 0 Å². The summed E-state index contributed by atoms with van der Waals surface area (Å²) >= 11 is 3.30. The Morgan fingerprint density at radius 2 is 1.95 bits per heavy atom. The van der Waals surface area contributed by atoms with Crippen LogP contribution in [0.1, 0.15) is 11.3 Å². The number of nitrogens with zero attached hydrogens (tertiary/aromatic N) is 1. The van der Waals surface area contributed by atoms with Crippen LogP contribution in [0.2, 0.25) is 0 Å². The third-order valence-corrected chi connectivity index (χ3v) is 5.10. The summed E-state index contributed by atoms with van der Waals surface area (Å²) in [7, 11) is 0. The number of rotatable bonds is 3. The smallest absolute Gasteiger partial charge is 0.154 e. The van der Waals surface area contributed by atoms with E-state index in [0.717, 1.165) is 31.3 Å². The molecule has 2 aromatic carbocycles. The molecule has 5 heteroatoms. The van der Waals surface area contributed by atoms with Crippen molar-refractivity contribution in [3.8, 4) is 0 Å². The van der Waals surface area contributed by atoms with Crippen molar-refractivity contribution in [2.24, 2.45) is 5.73 Å². The monoisotopic (exact) mass is 299 g/mol. The third-order valence-electron chi connectivity index (χ3n) is 2.97. The average molecular weight is 299 g/mol. The average Bonchev–Trinajstić information content (AvgIpc) is 2.84. The van der Waals surface area contributed by atoms with Crippen LogP contribution < -0.4 is 5.73 Å². The molecule has 3 N–H and O–H groups in total. The highest BCUT2D eigenvalue weighted by molar-refractivity contribution is 8.01. The Kier molecular flexibility index (Phi) is 3.46. The second kappa shape index (κ2) is 5.26. The van der Waals surface area contributed by atoms with Crippen molar-refractivity contribution in [2.75, 3.05) is 0 Å². The van der Waals surface area contributed by atoms with Gasteiger partial charge >= 0.3 is 0 Å². The van der Waals surface area contributed by atoms with Crippen molar-refractivity contribution >= 4 is 39.7 Å². The lowest BCUT2D eigenvalue weighted by molar-refractivity contribution is 1.16. The normalized spacial score (nSPS) is 10.8. The molecule has 0 saturated carbocycles. The van der Waals surface area contributed by atoms with Crippen LogP contribution in [0.5, 0.6) is 0 Å². The first-order valence-corrected chi connectivity index (χ1v) is 7.81. The van der Waals surface area contributed by atoms with E-state index < -0.39 is 0 Å². The largest absolute Gasteiger partial charge is 0.384 e. The number of nitrogens with one attached hydrogen (secondary N) is 1. The fourth-order valence-corrected chi connectivity index (χ4v) is 4.00. The molecule has 0 saturated heterocycles. The van der Waals surface area contributed by atoms with Gasteiger partial charge in [-0.1, -0.05) is 36.0 Å². The lowest BCUT2D eigenvalue weighted by Gasteiger charge is -2.09. The molecule has 0 aliphatic carbocycles. The van der Waals surface area contributed by atoms with Crippen LogP contribution in [0.15, 0.2) is 51.0 Å². The Labute approximate surface area is 125 Å². The molecule has 0 unspecified atom stereocenters. The molecule has 0 atom stereocenters. The molecule has 0 bridgehead atoms. The quantitative estimate of drug-likeness (QED) is 0.566. The van der Waals surface area contributed by atoms with E-state index in [1.807, 2.05) is 37.3 Å². The van der Waals surface area contributed by atoms with Crippen LogP contribution in [0.4, 0.5) is 0 Å². The number of nitrogen functional groups attached to an aromatic ring is 1. The molecule has 0 radical (unpaired) electrons. The number of fused-ring (bicyclic) bond motifs is 1. The molecule has 1 heterocycles. The van der Waals surface area contributed by atoms with E-state index in [1.165, 1.54) is 0 Å². The molecule has 3 nitrogen and oxygen atoms in total. The highest BCUT2D eigenvalue weighted by Gasteiger charge is 2.10. The van der Waals surface area contributed by atoms with E-state index in [1.54, 1.807) is 23.1 Å². The number of nitrogens with two attached hydrogens (primary N) is 1. The first-order valence-electron chi connectivity index (χ1n) is 6.11. The maximum Gasteiger partial charge on any atom is 0.154 e. The minimum atomic E-state index is 0.0999. The summed E-state index contributed by atoms with van der Waals surface area (Å²) in [6.07, 6.45) is 0. The second-order valence-electron chi connectivity index (χ2n) is 4.43. The summed E-state index contributed by atoms with van der Waals surface area (Å²) < 4.78 is 1.03. The summed E-state index contributed by atoms with van der Waals surface area (Å²) in [5.74, 6) is 0.0999. The van der Waals surface area contributed by atoms with Gasteiger partial charge in [-0.05, 0) is 29.8 Å². The van der Waals surface area contributed by atoms with Gasteiger partial charge in [0.2, 0.25) is 0 Å². The van der Waals surface area contributed by atoms with Gasteiger partial charge in [0.15, 0.2) is 4.34 Å². The predicted octanol–water partition coefficient (Wildman–Crippen LogP) is 4.04. The third kappa shape index (κ3) is 2.42. The number of hydrogen-bond acceptors (Lipinski definition) is 4. The van der Waals surface area contributed by atoms with Gasteiger partial charge < -0.3 is 5.73 Å². The van der Waals surface area contributed by atoms with E-state index in [0.29, 0.717) is 0 Å². The van der Waals surface area contributed by atoms with Crippen LogP contribution in [-0.2, 0) is 0 Å². The molecule has 0 amide bonds. The zero-order valence-electron chi connectivity index (χ0n) is 10.9. The van der Waals surface area contributed by atoms with Crippen LogP contribution >= 0.6 is 23.1 Å². The van der Waals surface area contributed by atoms with Crippen LogP contribution in [0, 0.1) is 12.3 Å². The van der Waals surface area contributed by atoms with Gasteiger partial charge in [-0.3, -0.25) is 5.41 Å². The SMILES string of the molecule is Cc1csc(Sc2ccc(C(=N)N)c3ccccc23)n1. The first-order chi connectivity index (χ1) is 9.65. The van der Waals surface area contributed by atoms with Crippen molar-refractivity contribution in [2.45, 2.75) is 16.2 Å². The van der Waals surface area contributed by atoms with Crippen molar-refractivity contribution in [1.82, 2.24) is 4.98 Å². The predicted molar refractivity (Wildman–Crippen MR) is 85.9 cm³/mol. The van der Waals surface area contributed by atoms with E-state index in [4.69, 9.17) is 11.1 Å². The Morgan fingerprint density at radius 3 is 2.60 bits per heavy atom. The van der Waals surface area contributed by atoms with E-state index in [2.05, 4.69) is 16.4 Å². The van der Waals surface area contributed by atoms with Gasteiger partial charge in [0, 0.05) is 21.5 Å². The Hall–Kier alpha value is -1.85. The molecular weight excluding hydrogens is 286 g/mol. The van der Waals surface area contributed by atoms with Gasteiger partial charge in [-0.15, -0.1) is 11.3 Å². The molecule has 0 aliphatic heterocycles. The van der Waals surface area contributed by atoms with Crippen molar-refractivity contribution in [3.05, 3.63) is 53.0 Å². The van der Waals surface area contributed by atoms with Gasteiger partial charge in [0.1, 0.15) is 5.84 Å². The molecule has 1 aromatic heterocycles. The van der Waals surface area contributed by atoms with E-state index in [-0.39, 0.29) is 5.84 Å². The number of thiazole rings is 1. The maximum absolute atomic E-state index is 7.67. The van der Waals surface area contributed by atoms with Crippen LogP contribution in [0.3, 0.4) is 0 Å². The lowest BCUT2D eigenvalue weighted by Crippen LogP contribution is -2.11. The van der Waals surface area contributed by atoms with Crippen molar-refractivity contribution in [3.63, 3.8) is 0 Å². The lowest BCUT2D eigenvalue weighted by atomic mass is 10.0. The highest BCUT2D eigenvalue weighted by atomic mass is 32.2. The standard InChI is InChI=1S/C15H13N3S2/c1-9-8-19-15(18-9)20-13-7-6-12(14(16)17)10-4-2-3-5-11(10)13/h2-8H,1H3,(H3,16,17). The maximum atomic E-state index is 7.67. The Morgan fingerprint density at radius 1 is 1.20 bits per heavy atom. The number of amidine groups is 1. The van der Waals surface area contributed by atoms with Gasteiger partial charge in [0.05, 0.1) is 0 Å². The summed E-state index contributed by atoms with van der Waals surface area (Å²) in [6.45, 7) is 2.00. The number of aryl methyl sites for hydroxylation is 1. The fourth-order valence-electron chi connectivity index (χ4n) is 2.07. The Bertz CT molecular complexity index is 793. The molecule has 0 fully saturated rings. The summed E-state index contributed by atoms with van der Waals surface area (Å²) in [5, 5.41) is 11.8. The number of hydrogen-bond donors (Lipinski definition) is 2. The van der Waals surface area contributed by atoms with E-state index >= 15 is 0 Å². The number of aromatic nitrogens is 1. The van der Waals surface area contributed by atoms with Gasteiger partial charge in [-0.25, -0.2) is 4.98 Å². The molecule has 3 rings (SSSR count). The molecule has 20 heavy (non-hydrogen) atoms. The highest BCUT2D eigenvalue weighted by Crippen LogP contribution is 2.36. The minimum Gasteiger partial charge on any atom is -0.384 e. The molecule has 3 aromatic rings. The topological polar surface area (TPSA) is 62.8 Å². The summed E-state index contributed by atoms with van der Waals surface area (Å²) in [5.41, 5.74) is 7.47. The first kappa shape index (κ1) is 13.1. The molecule has 0 aliphatic rings. The van der Waals surface area contributed by atoms with Crippen LogP contribution in [-0.4, -0.2) is 10.8 Å². The number of benzene rings is 2. The zero-order chi connectivity index (χ0) is 14.1. The Balaban J connectivity index is 2.12. The molecular formula is C15H13N3S2. The summed E-state index contributed by atoms with van der Waals surface area (Å²) in [4.78, 5) is 5.62. The minimum absolute atomic E-state index is 0.0999. The molecule has 0 spiro atoms. The fraction of sp³-hybridized carbons (Fsp3) is 0.0667. The van der Waals surface area contributed by atoms with Gasteiger partial charge in [-0.2, -0.15) is 0 Å². The van der Waals surface area contributed by atoms with Crippen molar-refractivity contribution < 1.29 is 0 Å². The van der Waals surface area contributed by atoms with Crippen LogP contribution in [0.25, 0.3) is 10.8 Å². The molecule has 100 valence electrons. The second-order valence-corrected chi connectivity index (χ2v) is 6.57. The zero-order valence-corrected chi connectivity index (χ0v) is 12.5.